The average Bonchev–Trinajstić information content (AvgIpc) is 2.72. The van der Waals surface area contributed by atoms with Gasteiger partial charge in [-0.1, -0.05) is 25.2 Å². The molecule has 1 N–H and O–H groups in total. The Bertz CT molecular complexity index is 549. The highest BCUT2D eigenvalue weighted by Crippen LogP contribution is 2.31. The molecule has 0 bridgehead atoms. The van der Waals surface area contributed by atoms with E-state index >= 15 is 0 Å². The zero-order chi connectivity index (χ0) is 13.1. The van der Waals surface area contributed by atoms with Crippen LogP contribution in [0.25, 0.3) is 10.6 Å². The van der Waals surface area contributed by atoms with Crippen molar-refractivity contribution < 1.29 is 4.79 Å². The predicted molar refractivity (Wildman–Crippen MR) is 73.5 cm³/mol. The summed E-state index contributed by atoms with van der Waals surface area (Å²) < 4.78 is 0. The first-order valence-electron chi connectivity index (χ1n) is 5.76. The number of thiazole rings is 1. The molecule has 18 heavy (non-hydrogen) atoms. The second-order valence-corrected chi connectivity index (χ2v) is 5.32. The number of anilines is 1. The number of aromatic nitrogens is 2. The van der Waals surface area contributed by atoms with Gasteiger partial charge in [-0.2, -0.15) is 0 Å². The van der Waals surface area contributed by atoms with Crippen LogP contribution in [0.5, 0.6) is 0 Å². The molecule has 94 valence electrons. The summed E-state index contributed by atoms with van der Waals surface area (Å²) in [5.41, 5.74) is 1.81. The fraction of sp³-hybridized carbons (Fsp3) is 0.308. The molecular weight excluding hydrogens is 246 g/mol. The molecule has 1 amide bonds. The Morgan fingerprint density at radius 3 is 2.83 bits per heavy atom. The van der Waals surface area contributed by atoms with Gasteiger partial charge in [0.2, 0.25) is 5.91 Å². The Morgan fingerprint density at radius 2 is 2.22 bits per heavy atom. The monoisotopic (exact) mass is 261 g/mol. The minimum Gasteiger partial charge on any atom is -0.316 e. The molecular formula is C13H15N3OS. The minimum atomic E-state index is -0.0339. The highest BCUT2D eigenvalue weighted by molar-refractivity contribution is 7.19. The summed E-state index contributed by atoms with van der Waals surface area (Å²) in [4.78, 5) is 20.2. The van der Waals surface area contributed by atoms with E-state index in [9.17, 15) is 4.79 Å². The van der Waals surface area contributed by atoms with Crippen molar-refractivity contribution in [2.24, 2.45) is 5.92 Å². The molecule has 0 aliphatic heterocycles. The van der Waals surface area contributed by atoms with Crippen molar-refractivity contribution >= 4 is 22.2 Å². The largest absolute Gasteiger partial charge is 0.316 e. The molecule has 0 spiro atoms. The molecule has 0 aliphatic carbocycles. The molecule has 4 nitrogen and oxygen atoms in total. The summed E-state index contributed by atoms with van der Waals surface area (Å²) in [6.45, 7) is 5.63. The smallest absolute Gasteiger partial charge is 0.227 e. The number of carbonyl (C=O) groups excluding carboxylic acids is 1. The molecule has 0 atom stereocenters. The zero-order valence-electron chi connectivity index (χ0n) is 10.6. The van der Waals surface area contributed by atoms with Gasteiger partial charge in [-0.05, 0) is 19.1 Å². The topological polar surface area (TPSA) is 54.9 Å². The van der Waals surface area contributed by atoms with E-state index in [4.69, 9.17) is 0 Å². The van der Waals surface area contributed by atoms with Crippen LogP contribution < -0.4 is 5.32 Å². The van der Waals surface area contributed by atoms with Gasteiger partial charge >= 0.3 is 0 Å². The predicted octanol–water partition coefficient (Wildman–Crippen LogP) is 3.11. The summed E-state index contributed by atoms with van der Waals surface area (Å²) in [7, 11) is 0. The van der Waals surface area contributed by atoms with Gasteiger partial charge in [0, 0.05) is 23.9 Å². The van der Waals surface area contributed by atoms with Crippen LogP contribution >= 0.6 is 11.3 Å². The maximum Gasteiger partial charge on any atom is 0.227 e. The number of hydrogen-bond acceptors (Lipinski definition) is 4. The second-order valence-electron chi connectivity index (χ2n) is 4.32. The number of nitrogens with one attached hydrogen (secondary N) is 1. The van der Waals surface area contributed by atoms with E-state index in [2.05, 4.69) is 15.3 Å². The maximum absolute atomic E-state index is 11.7. The maximum atomic E-state index is 11.7. The highest BCUT2D eigenvalue weighted by atomic mass is 32.1. The summed E-state index contributed by atoms with van der Waals surface area (Å²) in [5.74, 6) is -0.0205. The molecule has 0 aromatic carbocycles. The lowest BCUT2D eigenvalue weighted by atomic mass is 10.2. The van der Waals surface area contributed by atoms with Crippen molar-refractivity contribution in [3.8, 4) is 10.6 Å². The van der Waals surface area contributed by atoms with Crippen molar-refractivity contribution in [3.05, 3.63) is 30.2 Å². The summed E-state index contributed by atoms with van der Waals surface area (Å²) >= 11 is 1.48. The van der Waals surface area contributed by atoms with Crippen LogP contribution in [-0.2, 0) is 4.79 Å². The van der Waals surface area contributed by atoms with Crippen molar-refractivity contribution in [1.29, 1.82) is 0 Å². The van der Waals surface area contributed by atoms with E-state index in [1.165, 1.54) is 11.3 Å². The zero-order valence-corrected chi connectivity index (χ0v) is 11.4. The molecule has 0 saturated carbocycles. The number of rotatable bonds is 3. The summed E-state index contributed by atoms with van der Waals surface area (Å²) in [6.07, 6.45) is 3.50. The van der Waals surface area contributed by atoms with Gasteiger partial charge in [-0.25, -0.2) is 4.98 Å². The van der Waals surface area contributed by atoms with E-state index in [-0.39, 0.29) is 11.8 Å². The first-order valence-corrected chi connectivity index (χ1v) is 6.58. The molecule has 2 aromatic rings. The second kappa shape index (κ2) is 5.27. The van der Waals surface area contributed by atoms with Crippen LogP contribution in [0.15, 0.2) is 24.5 Å². The Labute approximate surface area is 110 Å². The van der Waals surface area contributed by atoms with Gasteiger partial charge in [-0.3, -0.25) is 9.78 Å². The molecule has 2 rings (SSSR count). The van der Waals surface area contributed by atoms with E-state index in [0.29, 0.717) is 0 Å². The van der Waals surface area contributed by atoms with Gasteiger partial charge in [-0.15, -0.1) is 0 Å². The molecule has 0 saturated heterocycles. The van der Waals surface area contributed by atoms with E-state index in [1.54, 1.807) is 12.4 Å². The third-order valence-electron chi connectivity index (χ3n) is 2.47. The van der Waals surface area contributed by atoms with Gasteiger partial charge in [0.15, 0.2) is 0 Å². The molecule has 0 aliphatic rings. The SMILES string of the molecule is Cc1nc(-c2cccnc2)sc1NC(=O)C(C)C. The molecule has 5 heteroatoms. The number of pyridine rings is 1. The molecule has 2 aromatic heterocycles. The van der Waals surface area contributed by atoms with Crippen LogP contribution in [0.3, 0.4) is 0 Å². The van der Waals surface area contributed by atoms with Crippen molar-refractivity contribution in [2.45, 2.75) is 20.8 Å². The number of hydrogen-bond donors (Lipinski definition) is 1. The first kappa shape index (κ1) is 12.7. The normalized spacial score (nSPS) is 10.7. The van der Waals surface area contributed by atoms with Crippen LogP contribution in [-0.4, -0.2) is 15.9 Å². The van der Waals surface area contributed by atoms with Crippen molar-refractivity contribution in [3.63, 3.8) is 0 Å². The highest BCUT2D eigenvalue weighted by Gasteiger charge is 2.13. The van der Waals surface area contributed by atoms with Crippen LogP contribution in [0.1, 0.15) is 19.5 Å². The lowest BCUT2D eigenvalue weighted by molar-refractivity contribution is -0.118. The van der Waals surface area contributed by atoms with E-state index < -0.39 is 0 Å². The van der Waals surface area contributed by atoms with Gasteiger partial charge < -0.3 is 5.32 Å². The van der Waals surface area contributed by atoms with Gasteiger partial charge in [0.1, 0.15) is 10.0 Å². The van der Waals surface area contributed by atoms with E-state index in [1.807, 2.05) is 32.9 Å². The fourth-order valence-electron chi connectivity index (χ4n) is 1.38. The van der Waals surface area contributed by atoms with Gasteiger partial charge in [0.05, 0.1) is 5.69 Å². The standard InChI is InChI=1S/C13H15N3OS/c1-8(2)11(17)16-12-9(3)15-13(18-12)10-5-4-6-14-7-10/h4-8H,1-3H3,(H,16,17). The lowest BCUT2D eigenvalue weighted by Crippen LogP contribution is -2.17. The van der Waals surface area contributed by atoms with Gasteiger partial charge in [0.25, 0.3) is 0 Å². The van der Waals surface area contributed by atoms with Crippen LogP contribution in [0.2, 0.25) is 0 Å². The Balaban J connectivity index is 2.25. The molecule has 2 heterocycles. The Kier molecular flexibility index (Phi) is 3.72. The minimum absolute atomic E-state index is 0.0134. The molecule has 0 unspecified atom stereocenters. The molecule has 0 fully saturated rings. The van der Waals surface area contributed by atoms with Crippen molar-refractivity contribution in [1.82, 2.24) is 9.97 Å². The fourth-order valence-corrected chi connectivity index (χ4v) is 2.34. The third kappa shape index (κ3) is 2.73. The third-order valence-corrected chi connectivity index (χ3v) is 3.59. The van der Waals surface area contributed by atoms with Crippen LogP contribution in [0, 0.1) is 12.8 Å². The Morgan fingerprint density at radius 1 is 1.44 bits per heavy atom. The summed E-state index contributed by atoms with van der Waals surface area (Å²) in [5, 5.41) is 4.58. The number of nitrogens with zero attached hydrogens (tertiary/aromatic N) is 2. The number of carbonyl (C=O) groups is 1. The summed E-state index contributed by atoms with van der Waals surface area (Å²) in [6, 6.07) is 3.83. The lowest BCUT2D eigenvalue weighted by Gasteiger charge is -2.04. The average molecular weight is 261 g/mol. The Hall–Kier alpha value is -1.75. The van der Waals surface area contributed by atoms with Crippen molar-refractivity contribution in [2.75, 3.05) is 5.32 Å². The first-order chi connectivity index (χ1) is 8.58. The quantitative estimate of drug-likeness (QED) is 0.923. The number of amides is 1. The molecule has 0 radical (unpaired) electrons. The van der Waals surface area contributed by atoms with E-state index in [0.717, 1.165) is 21.3 Å². The van der Waals surface area contributed by atoms with Crippen LogP contribution in [0.4, 0.5) is 5.00 Å². The number of aryl methyl sites for hydroxylation is 1.